The molecule has 3 heterocycles. The summed E-state index contributed by atoms with van der Waals surface area (Å²) in [7, 11) is 10.8. The molecule has 3 aliphatic heterocycles. The van der Waals surface area contributed by atoms with Crippen molar-refractivity contribution in [1.82, 2.24) is 29.4 Å². The number of carbonyl (C=O) groups is 6. The quantitative estimate of drug-likeness (QED) is 0.0635. The Kier molecular flexibility index (Phi) is 21.3. The number of likely N-dealkylation sites (N-methyl/N-ethyl adjacent to an activating group) is 3. The summed E-state index contributed by atoms with van der Waals surface area (Å²) in [5, 5.41) is 9.94. The molecule has 16 nitrogen and oxygen atoms in total. The Morgan fingerprint density at radius 3 is 0.908 bits per heavy atom. The molecule has 0 spiro atoms. The van der Waals surface area contributed by atoms with Gasteiger partial charge < -0.3 is 34.6 Å². The first-order valence-electron chi connectivity index (χ1n) is 28.6. The third-order valence-electron chi connectivity index (χ3n) is 16.3. The molecule has 0 saturated heterocycles. The third-order valence-corrected chi connectivity index (χ3v) is 16.3. The number of amides is 6. The van der Waals surface area contributed by atoms with E-state index in [1.807, 2.05) is 129 Å². The van der Waals surface area contributed by atoms with Gasteiger partial charge in [-0.15, -0.1) is 0 Å². The molecule has 0 unspecified atom stereocenters. The highest BCUT2D eigenvalue weighted by molar-refractivity contribution is 6.33. The van der Waals surface area contributed by atoms with Crippen molar-refractivity contribution < 1.29 is 43.0 Å². The Morgan fingerprint density at radius 2 is 0.644 bits per heavy atom. The van der Waals surface area contributed by atoms with Gasteiger partial charge in [-0.2, -0.15) is 0 Å². The highest BCUT2D eigenvalue weighted by Crippen LogP contribution is 2.43. The fourth-order valence-electron chi connectivity index (χ4n) is 12.1. The smallest absolute Gasteiger partial charge is 0.262 e. The van der Waals surface area contributed by atoms with Crippen molar-refractivity contribution in [3.63, 3.8) is 0 Å². The van der Waals surface area contributed by atoms with Gasteiger partial charge in [0, 0.05) is 101 Å². The summed E-state index contributed by atoms with van der Waals surface area (Å²) >= 11 is 0. The van der Waals surface area contributed by atoms with Crippen LogP contribution in [-0.2, 0) is 0 Å². The standard InChI is InChI=1S/2C23H24N2O3.C22H23N3O3.3CH4/c2*1-4-11-24(2)12-13-25-22(26)17-9-10-19(28-3)18-14-15-7-5-6-8-16(15)21(20(17)18)23(25)27;1-24(10-9-23)11-12-25-21(26)16-7-8-18(28-2)17-13-14-5-3-4-6-15(14)20(19(16)17)22(25)27;;;/h2*5-10,14H,4,11-13H2,1-3H3;3-8,13H,9-12,23H2,1-2H3;3*1H4. The lowest BCUT2D eigenvalue weighted by atomic mass is 9.89. The maximum Gasteiger partial charge on any atom is 0.262 e. The van der Waals surface area contributed by atoms with Crippen LogP contribution in [-0.4, -0.2) is 173 Å². The van der Waals surface area contributed by atoms with E-state index in [-0.39, 0.29) is 57.7 Å². The first-order valence-corrected chi connectivity index (χ1v) is 28.6. The molecular weight excluding hydrogens is 1090 g/mol. The van der Waals surface area contributed by atoms with Gasteiger partial charge in [-0.05, 0) is 134 Å². The van der Waals surface area contributed by atoms with Crippen molar-refractivity contribution in [3.8, 4) is 17.2 Å². The lowest BCUT2D eigenvalue weighted by molar-refractivity contribution is 0.0583. The minimum Gasteiger partial charge on any atom is -0.496 e. The fraction of sp³-hybridized carbons (Fsp3) is 0.324. The maximum absolute atomic E-state index is 13.4. The van der Waals surface area contributed by atoms with E-state index in [9.17, 15) is 28.8 Å². The molecule has 9 aromatic carbocycles. The van der Waals surface area contributed by atoms with Gasteiger partial charge in [0.1, 0.15) is 17.2 Å². The highest BCUT2D eigenvalue weighted by Gasteiger charge is 2.38. The molecule has 0 aromatic heterocycles. The van der Waals surface area contributed by atoms with E-state index in [0.717, 1.165) is 74.4 Å². The second kappa shape index (κ2) is 28.1. The average Bonchev–Trinajstić information content (AvgIpc) is 3.14. The van der Waals surface area contributed by atoms with Crippen LogP contribution in [0.2, 0.25) is 0 Å². The number of nitrogens with two attached hydrogens (primary N) is 1. The predicted octanol–water partition coefficient (Wildman–Crippen LogP) is 12.3. The van der Waals surface area contributed by atoms with Crippen LogP contribution in [0.1, 0.15) is 111 Å². The highest BCUT2D eigenvalue weighted by atomic mass is 16.5. The second-order valence-corrected chi connectivity index (χ2v) is 21.6. The number of benzene rings is 9. The number of rotatable bonds is 18. The van der Waals surface area contributed by atoms with Gasteiger partial charge in [-0.3, -0.25) is 43.5 Å². The average molecular weight is 1180 g/mol. The van der Waals surface area contributed by atoms with Crippen molar-refractivity contribution in [1.29, 1.82) is 0 Å². The van der Waals surface area contributed by atoms with Gasteiger partial charge in [0.2, 0.25) is 0 Å². The van der Waals surface area contributed by atoms with Crippen LogP contribution in [0.3, 0.4) is 0 Å². The molecule has 2 N–H and O–H groups in total. The molecule has 0 bridgehead atoms. The Bertz CT molecular complexity index is 3690. The number of methoxy groups -OCH3 is 3. The SMILES string of the molecule is C.C.C.CCCN(C)CCN1C(=O)c2ccc(OC)c3cc4ccccc4c(c23)C1=O.CCCN(C)CCN1C(=O)c2ccc(OC)c3cc4ccccc4c(c23)C1=O.COc1ccc2c3c(c4ccccc4cc13)C(=O)N(CCN(C)CCN)C2=O. The van der Waals surface area contributed by atoms with Crippen molar-refractivity contribution in [2.24, 2.45) is 5.73 Å². The molecule has 6 amide bonds. The van der Waals surface area contributed by atoms with Gasteiger partial charge in [-0.25, -0.2) is 0 Å². The zero-order chi connectivity index (χ0) is 59.5. The van der Waals surface area contributed by atoms with E-state index < -0.39 is 0 Å². The van der Waals surface area contributed by atoms with Gasteiger partial charge in [0.25, 0.3) is 35.4 Å². The van der Waals surface area contributed by atoms with Gasteiger partial charge >= 0.3 is 0 Å². The van der Waals surface area contributed by atoms with E-state index in [2.05, 4.69) is 23.6 Å². The number of hydrogen-bond donors (Lipinski definition) is 1. The van der Waals surface area contributed by atoms with Crippen LogP contribution < -0.4 is 19.9 Å². The summed E-state index contributed by atoms with van der Waals surface area (Å²) in [6, 6.07) is 40.1. The molecule has 87 heavy (non-hydrogen) atoms. The van der Waals surface area contributed by atoms with Crippen LogP contribution >= 0.6 is 0 Å². The zero-order valence-electron chi connectivity index (χ0n) is 49.0. The largest absolute Gasteiger partial charge is 0.496 e. The van der Waals surface area contributed by atoms with Gasteiger partial charge in [0.15, 0.2) is 0 Å². The zero-order valence-corrected chi connectivity index (χ0v) is 49.0. The predicted molar refractivity (Wildman–Crippen MR) is 352 cm³/mol. The minimum atomic E-state index is -0.262. The molecule has 3 aliphatic rings. The molecule has 0 radical (unpaired) electrons. The second-order valence-electron chi connectivity index (χ2n) is 21.6. The molecule has 0 aliphatic carbocycles. The number of ether oxygens (including phenoxy) is 3. The summed E-state index contributed by atoms with van der Waals surface area (Å²) in [5.74, 6) is 0.563. The summed E-state index contributed by atoms with van der Waals surface area (Å²) in [5.41, 5.74) is 9.03. The first-order chi connectivity index (χ1) is 40.7. The van der Waals surface area contributed by atoms with Crippen LogP contribution in [0, 0.1) is 0 Å². The number of fused-ring (bicyclic) bond motifs is 6. The van der Waals surface area contributed by atoms with Crippen molar-refractivity contribution in [2.75, 3.05) is 108 Å². The lowest BCUT2D eigenvalue weighted by Crippen LogP contribution is -2.44. The van der Waals surface area contributed by atoms with Crippen molar-refractivity contribution in [3.05, 3.63) is 161 Å². The molecule has 12 rings (SSSR count). The molecule has 0 atom stereocenters. The Morgan fingerprint density at radius 1 is 0.368 bits per heavy atom. The van der Waals surface area contributed by atoms with E-state index in [4.69, 9.17) is 19.9 Å². The molecule has 0 saturated carbocycles. The minimum absolute atomic E-state index is 0. The van der Waals surface area contributed by atoms with E-state index in [1.54, 1.807) is 45.6 Å². The van der Waals surface area contributed by atoms with Crippen LogP contribution in [0.15, 0.2) is 127 Å². The number of nitrogens with zero attached hydrogens (tertiary/aromatic N) is 6. The van der Waals surface area contributed by atoms with Crippen LogP contribution in [0.5, 0.6) is 17.2 Å². The Labute approximate surface area is 510 Å². The summed E-state index contributed by atoms with van der Waals surface area (Å²) in [6.07, 6.45) is 2.07. The Balaban J connectivity index is 0.000000183. The van der Waals surface area contributed by atoms with Gasteiger partial charge in [-0.1, -0.05) is 109 Å². The van der Waals surface area contributed by atoms with E-state index in [0.29, 0.717) is 119 Å². The number of imide groups is 3. The molecule has 16 heteroatoms. The maximum atomic E-state index is 13.4. The first kappa shape index (κ1) is 65.7. The monoisotopic (exact) mass is 1180 g/mol. The van der Waals surface area contributed by atoms with Gasteiger partial charge in [0.05, 0.1) is 38.0 Å². The van der Waals surface area contributed by atoms with Crippen LogP contribution in [0.4, 0.5) is 0 Å². The Hall–Kier alpha value is -8.80. The third kappa shape index (κ3) is 12.2. The molecule has 9 aromatic rings. The van der Waals surface area contributed by atoms with Crippen molar-refractivity contribution in [2.45, 2.75) is 49.0 Å². The van der Waals surface area contributed by atoms with Crippen LogP contribution in [0.25, 0.3) is 64.6 Å². The summed E-state index contributed by atoms with van der Waals surface area (Å²) < 4.78 is 16.5. The molecule has 456 valence electrons. The molecular formula is C71H83N7O9. The molecule has 0 fully saturated rings. The fourth-order valence-corrected chi connectivity index (χ4v) is 12.1. The number of carbonyl (C=O) groups excluding carboxylic acids is 6. The van der Waals surface area contributed by atoms with E-state index >= 15 is 0 Å². The lowest BCUT2D eigenvalue weighted by Gasteiger charge is -2.30. The summed E-state index contributed by atoms with van der Waals surface area (Å²) in [6.45, 7) is 10.3. The topological polar surface area (TPSA) is 176 Å². The summed E-state index contributed by atoms with van der Waals surface area (Å²) in [4.78, 5) is 90.2. The van der Waals surface area contributed by atoms with Crippen molar-refractivity contribution >= 4 is 100 Å². The normalized spacial score (nSPS) is 13.3. The van der Waals surface area contributed by atoms with E-state index in [1.165, 1.54) is 14.7 Å². The number of hydrogen-bond acceptors (Lipinski definition) is 13.